The normalized spacial score (nSPS) is 23.8. The Kier molecular flexibility index (Phi) is 7.53. The number of methoxy groups -OCH3 is 2. The number of halogens is 2. The van der Waals surface area contributed by atoms with Gasteiger partial charge in [-0.3, -0.25) is 19.3 Å². The van der Waals surface area contributed by atoms with Crippen molar-refractivity contribution in [1.82, 2.24) is 28.4 Å². The van der Waals surface area contributed by atoms with Gasteiger partial charge in [-0.15, -0.1) is 23.2 Å². The molecule has 3 aliphatic rings. The summed E-state index contributed by atoms with van der Waals surface area (Å²) < 4.78 is 15.8. The van der Waals surface area contributed by atoms with Crippen LogP contribution in [-0.4, -0.2) is 76.3 Å². The third-order valence-corrected chi connectivity index (χ3v) is 12.2. The number of likely N-dealkylation sites (tertiary alicyclic amines) is 1. The van der Waals surface area contributed by atoms with Gasteiger partial charge in [0.1, 0.15) is 11.4 Å². The molecule has 52 heavy (non-hydrogen) atoms. The number of phenolic OH excluding ortho intramolecular Hbond substituents is 1. The molecule has 0 spiro atoms. The molecule has 0 radical (unpaired) electrons. The predicted molar refractivity (Wildman–Crippen MR) is 192 cm³/mol. The Morgan fingerprint density at radius 1 is 0.923 bits per heavy atom. The van der Waals surface area contributed by atoms with Crippen LogP contribution in [0.3, 0.4) is 0 Å². The van der Waals surface area contributed by atoms with Crippen molar-refractivity contribution in [3.63, 3.8) is 0 Å². The second-order valence-electron chi connectivity index (χ2n) is 13.3. The minimum atomic E-state index is -2.00. The molecule has 0 bridgehead atoms. The summed E-state index contributed by atoms with van der Waals surface area (Å²) in [5.74, 6) is -1.59. The van der Waals surface area contributed by atoms with Crippen LogP contribution in [-0.2, 0) is 36.1 Å². The molecule has 1 saturated carbocycles. The molecule has 1 aliphatic carbocycles. The lowest BCUT2D eigenvalue weighted by Crippen LogP contribution is -2.59. The zero-order valence-electron chi connectivity index (χ0n) is 28.4. The monoisotopic (exact) mass is 746 g/mol. The van der Waals surface area contributed by atoms with Crippen molar-refractivity contribution < 1.29 is 24.2 Å². The first-order valence-corrected chi connectivity index (χ1v) is 17.2. The van der Waals surface area contributed by atoms with E-state index < -0.39 is 50.5 Å². The molecule has 1 N–H and O–H groups in total. The average Bonchev–Trinajstić information content (AvgIpc) is 3.46. The average molecular weight is 748 g/mol. The molecule has 8 rings (SSSR count). The molecule has 2 fully saturated rings. The summed E-state index contributed by atoms with van der Waals surface area (Å²) in [6.07, 6.45) is 1.44. The quantitative estimate of drug-likeness (QED) is 0.157. The van der Waals surface area contributed by atoms with Crippen LogP contribution in [0.2, 0.25) is 0 Å². The summed E-state index contributed by atoms with van der Waals surface area (Å²) in [6, 6.07) is 12.5. The molecule has 4 heterocycles. The highest BCUT2D eigenvalue weighted by atomic mass is 35.5. The van der Waals surface area contributed by atoms with Gasteiger partial charge < -0.3 is 19.1 Å². The molecule has 16 heteroatoms. The summed E-state index contributed by atoms with van der Waals surface area (Å²) in [5, 5.41) is 11.8. The fourth-order valence-electron chi connectivity index (χ4n) is 8.24. The summed E-state index contributed by atoms with van der Waals surface area (Å²) in [4.78, 5) is 70.8. The molecule has 0 unspecified atom stereocenters. The number of allylic oxidation sites excluding steroid dienone is 2. The molecular weight excluding hydrogens is 715 g/mol. The molecule has 5 aromatic rings. The smallest absolute Gasteiger partial charge is 0.347 e. The lowest BCUT2D eigenvalue weighted by atomic mass is 9.63. The Balaban J connectivity index is 1.24. The van der Waals surface area contributed by atoms with Crippen molar-refractivity contribution in [1.29, 1.82) is 0 Å². The minimum absolute atomic E-state index is 0.00719. The van der Waals surface area contributed by atoms with Crippen molar-refractivity contribution in [2.75, 3.05) is 21.3 Å². The number of fused-ring (bicyclic) bond motifs is 6. The summed E-state index contributed by atoms with van der Waals surface area (Å²) >= 11 is 14.6. The topological polar surface area (TPSA) is 160 Å². The van der Waals surface area contributed by atoms with E-state index in [-0.39, 0.29) is 37.4 Å². The van der Waals surface area contributed by atoms with Crippen molar-refractivity contribution in [2.24, 2.45) is 7.05 Å². The summed E-state index contributed by atoms with van der Waals surface area (Å²) in [7, 11) is 5.88. The number of amides is 2. The predicted octanol–water partition coefficient (Wildman–Crippen LogP) is 2.80. The van der Waals surface area contributed by atoms with Crippen molar-refractivity contribution in [3.05, 3.63) is 103 Å². The Labute approximate surface area is 304 Å². The Morgan fingerprint density at radius 2 is 1.62 bits per heavy atom. The standard InChI is InChI=1S/C36H32Cl2N6O8/c1-40-24-16-28(52-4)27(51-3)15-23(24)39-22(30(40)46)12-13-42-33(49)43-14-11-21-25(44(43)34(42)50)17-35(37)31(47)41(2)32(48)36(35,38)29(21)20-9-10-26(45)19-8-6-5-7-18(19)20/h5-11,15-16,25,29,45H,12-14,17H2,1-4H3/t25-,29+,35-,36+/m1/s1. The number of carbonyl (C=O) groups is 2. The first kappa shape index (κ1) is 33.8. The molecule has 1 saturated heterocycles. The highest BCUT2D eigenvalue weighted by Gasteiger charge is 2.75. The van der Waals surface area contributed by atoms with Gasteiger partial charge in [0, 0.05) is 56.9 Å². The van der Waals surface area contributed by atoms with Gasteiger partial charge in [-0.2, -0.15) is 0 Å². The van der Waals surface area contributed by atoms with Crippen LogP contribution >= 0.6 is 23.2 Å². The lowest BCUT2D eigenvalue weighted by molar-refractivity contribution is -0.137. The van der Waals surface area contributed by atoms with E-state index in [1.54, 1.807) is 55.6 Å². The summed E-state index contributed by atoms with van der Waals surface area (Å²) in [6.45, 7) is -0.220. The van der Waals surface area contributed by atoms with Gasteiger partial charge in [0.05, 0.1) is 37.8 Å². The van der Waals surface area contributed by atoms with Crippen LogP contribution in [0.5, 0.6) is 17.2 Å². The van der Waals surface area contributed by atoms with Crippen molar-refractivity contribution >= 4 is 56.8 Å². The van der Waals surface area contributed by atoms with E-state index in [1.807, 2.05) is 0 Å². The summed E-state index contributed by atoms with van der Waals surface area (Å²) in [5.41, 5.74) is 0.419. The van der Waals surface area contributed by atoms with Gasteiger partial charge >= 0.3 is 11.4 Å². The first-order chi connectivity index (χ1) is 24.8. The molecule has 268 valence electrons. The van der Waals surface area contributed by atoms with Gasteiger partial charge in [-0.25, -0.2) is 28.5 Å². The zero-order valence-corrected chi connectivity index (χ0v) is 29.9. The number of imide groups is 1. The van der Waals surface area contributed by atoms with E-state index in [0.29, 0.717) is 44.4 Å². The van der Waals surface area contributed by atoms with E-state index in [4.69, 9.17) is 32.7 Å². The number of hydrogen-bond acceptors (Lipinski definition) is 9. The SMILES string of the molecule is COc1cc2nc(CCn3c(=O)n4n(c3=O)[C@@H]3C[C@@]5(Cl)C(=O)N(C)C(=O)[C@@]5(Cl)[C@@H](c5ccc(O)c6ccccc56)C3=CC4)c(=O)n(C)c2cc1OC. The van der Waals surface area contributed by atoms with Gasteiger partial charge in [-0.05, 0) is 22.6 Å². The number of aryl methyl sites for hydroxylation is 2. The first-order valence-electron chi connectivity index (χ1n) is 16.4. The molecule has 3 aromatic carbocycles. The van der Waals surface area contributed by atoms with Crippen LogP contribution in [0.1, 0.15) is 29.6 Å². The minimum Gasteiger partial charge on any atom is -0.507 e. The van der Waals surface area contributed by atoms with Crippen LogP contribution in [0.25, 0.3) is 21.8 Å². The molecule has 4 atom stereocenters. The maximum atomic E-state index is 14.3. The number of aromatic hydroxyl groups is 1. The largest absolute Gasteiger partial charge is 0.507 e. The fraction of sp³-hybridized carbons (Fsp3) is 0.333. The number of phenols is 1. The number of ether oxygens (including phenoxy) is 2. The van der Waals surface area contributed by atoms with Crippen LogP contribution in [0.4, 0.5) is 0 Å². The second kappa shape index (κ2) is 11.6. The van der Waals surface area contributed by atoms with Crippen molar-refractivity contribution in [3.8, 4) is 17.2 Å². The Morgan fingerprint density at radius 3 is 2.33 bits per heavy atom. The van der Waals surface area contributed by atoms with E-state index in [0.717, 1.165) is 9.47 Å². The van der Waals surface area contributed by atoms with Gasteiger partial charge in [0.2, 0.25) is 0 Å². The number of carbonyl (C=O) groups excluding carboxylic acids is 2. The number of alkyl halides is 2. The van der Waals surface area contributed by atoms with E-state index in [9.17, 15) is 29.1 Å². The number of aromatic nitrogens is 5. The van der Waals surface area contributed by atoms with E-state index in [2.05, 4.69) is 4.98 Å². The van der Waals surface area contributed by atoms with E-state index in [1.165, 1.54) is 41.3 Å². The van der Waals surface area contributed by atoms with Crippen LogP contribution in [0.15, 0.2) is 74.6 Å². The van der Waals surface area contributed by atoms with Crippen LogP contribution < -0.4 is 26.4 Å². The highest BCUT2D eigenvalue weighted by molar-refractivity contribution is 6.53. The van der Waals surface area contributed by atoms with Gasteiger partial charge in [-0.1, -0.05) is 36.4 Å². The Bertz CT molecular complexity index is 2620. The fourth-order valence-corrected chi connectivity index (χ4v) is 9.23. The van der Waals surface area contributed by atoms with Crippen LogP contribution in [0, 0.1) is 0 Å². The maximum Gasteiger partial charge on any atom is 0.347 e. The lowest BCUT2D eigenvalue weighted by Gasteiger charge is -2.49. The third-order valence-electron chi connectivity index (χ3n) is 10.8. The van der Waals surface area contributed by atoms with Crippen molar-refractivity contribution in [2.45, 2.75) is 47.6 Å². The number of nitrogens with zero attached hydrogens (tertiary/aromatic N) is 6. The molecule has 14 nitrogen and oxygen atoms in total. The molecule has 2 aromatic heterocycles. The Hall–Kier alpha value is -5.34. The maximum absolute atomic E-state index is 14.3. The number of benzene rings is 3. The number of hydrogen-bond donors (Lipinski definition) is 1. The van der Waals surface area contributed by atoms with Gasteiger partial charge in [0.25, 0.3) is 17.4 Å². The third kappa shape index (κ3) is 4.30. The highest BCUT2D eigenvalue weighted by Crippen LogP contribution is 2.63. The van der Waals surface area contributed by atoms with E-state index >= 15 is 0 Å². The number of rotatable bonds is 6. The second-order valence-corrected chi connectivity index (χ2v) is 14.5. The zero-order chi connectivity index (χ0) is 37.0. The van der Waals surface area contributed by atoms with Gasteiger partial charge in [0.15, 0.2) is 21.2 Å². The molecule has 2 aliphatic heterocycles. The molecular formula is C36H32Cl2N6O8. The molecule has 2 amide bonds.